The van der Waals surface area contributed by atoms with Crippen LogP contribution in [-0.4, -0.2) is 25.4 Å². The molecule has 2 nitrogen and oxygen atoms in total. The van der Waals surface area contributed by atoms with Crippen LogP contribution in [0.4, 0.5) is 0 Å². The summed E-state index contributed by atoms with van der Waals surface area (Å²) in [5, 5.41) is 9.75. The van der Waals surface area contributed by atoms with Gasteiger partial charge in [0.05, 0.1) is 0 Å². The van der Waals surface area contributed by atoms with Crippen molar-refractivity contribution in [3.05, 3.63) is 0 Å². The molecule has 9 unspecified atom stereocenters. The molecule has 0 heterocycles. The van der Waals surface area contributed by atoms with E-state index in [1.165, 1.54) is 57.8 Å². The first kappa shape index (κ1) is 18.3. The van der Waals surface area contributed by atoms with Gasteiger partial charge in [0.25, 0.3) is 0 Å². The topological polar surface area (TPSA) is 29.5 Å². The van der Waals surface area contributed by atoms with Crippen LogP contribution in [0.25, 0.3) is 0 Å². The lowest BCUT2D eigenvalue weighted by Crippen LogP contribution is -2.49. The highest BCUT2D eigenvalue weighted by atomic mass is 16.5. The zero-order valence-corrected chi connectivity index (χ0v) is 16.8. The third kappa shape index (κ3) is 3.00. The van der Waals surface area contributed by atoms with E-state index < -0.39 is 0 Å². The second kappa shape index (κ2) is 7.15. The van der Waals surface area contributed by atoms with Gasteiger partial charge in [0.1, 0.15) is 0 Å². The number of ether oxygens (including phenoxy) is 1. The summed E-state index contributed by atoms with van der Waals surface area (Å²) < 4.78 is 5.46. The number of fused-ring (bicyclic) bond motifs is 5. The van der Waals surface area contributed by atoms with Crippen molar-refractivity contribution in [2.45, 2.75) is 71.6 Å². The van der Waals surface area contributed by atoms with Gasteiger partial charge in [-0.1, -0.05) is 13.8 Å². The second-order valence-corrected chi connectivity index (χ2v) is 10.5. The van der Waals surface area contributed by atoms with Crippen LogP contribution < -0.4 is 0 Å². The fraction of sp³-hybridized carbons (Fsp3) is 1.00. The molecular formula is C23H40O2. The zero-order chi connectivity index (χ0) is 17.6. The number of methoxy groups -OCH3 is 1. The predicted octanol–water partition coefficient (Wildman–Crippen LogP) is 5.15. The van der Waals surface area contributed by atoms with Crippen LogP contribution in [0.1, 0.15) is 71.6 Å². The van der Waals surface area contributed by atoms with E-state index >= 15 is 0 Å². The van der Waals surface area contributed by atoms with Crippen LogP contribution in [0.3, 0.4) is 0 Å². The van der Waals surface area contributed by atoms with Crippen molar-refractivity contribution in [1.82, 2.24) is 0 Å². The lowest BCUT2D eigenvalue weighted by molar-refractivity contribution is -0.0791. The van der Waals surface area contributed by atoms with Crippen molar-refractivity contribution in [3.8, 4) is 0 Å². The summed E-state index contributed by atoms with van der Waals surface area (Å²) in [6, 6.07) is 0. The number of rotatable bonds is 4. The molecule has 0 amide bonds. The van der Waals surface area contributed by atoms with E-state index in [0.717, 1.165) is 48.0 Å². The maximum absolute atomic E-state index is 9.75. The lowest BCUT2D eigenvalue weighted by atomic mass is 9.49. The summed E-state index contributed by atoms with van der Waals surface area (Å²) in [4.78, 5) is 0. The molecule has 4 fully saturated rings. The molecule has 4 saturated carbocycles. The largest absolute Gasteiger partial charge is 0.396 e. The van der Waals surface area contributed by atoms with Crippen LogP contribution in [0.5, 0.6) is 0 Å². The third-order valence-electron chi connectivity index (χ3n) is 9.51. The molecule has 4 aliphatic carbocycles. The van der Waals surface area contributed by atoms with Crippen molar-refractivity contribution >= 4 is 0 Å². The normalized spacial score (nSPS) is 50.6. The summed E-state index contributed by atoms with van der Waals surface area (Å²) in [7, 11) is 1.87. The van der Waals surface area contributed by atoms with Crippen molar-refractivity contribution in [1.29, 1.82) is 0 Å². The monoisotopic (exact) mass is 348 g/mol. The van der Waals surface area contributed by atoms with Crippen LogP contribution in [0.2, 0.25) is 0 Å². The summed E-state index contributed by atoms with van der Waals surface area (Å²) in [5.41, 5.74) is 0.517. The standard InChI is InChI=1S/C23H40O2/c1-15(13-24)21-8-9-22-20-7-5-17-12-16(14-25-3)4-6-18(17)19(20)10-11-23(21,22)2/h15-22,24H,4-14H2,1-3H3. The maximum atomic E-state index is 9.75. The molecule has 4 rings (SSSR count). The Morgan fingerprint density at radius 3 is 2.56 bits per heavy atom. The third-order valence-corrected chi connectivity index (χ3v) is 9.51. The molecule has 2 heteroatoms. The molecule has 9 atom stereocenters. The maximum Gasteiger partial charge on any atom is 0.0490 e. The molecule has 144 valence electrons. The molecule has 25 heavy (non-hydrogen) atoms. The van der Waals surface area contributed by atoms with Crippen LogP contribution in [0, 0.1) is 52.8 Å². The molecule has 0 radical (unpaired) electrons. The van der Waals surface area contributed by atoms with Gasteiger partial charge in [-0.3, -0.25) is 0 Å². The predicted molar refractivity (Wildman–Crippen MR) is 102 cm³/mol. The Kier molecular flexibility index (Phi) is 5.23. The summed E-state index contributed by atoms with van der Waals surface area (Å²) in [6.07, 6.45) is 13.0. The Bertz CT molecular complexity index is 463. The molecule has 0 aromatic rings. The lowest BCUT2D eigenvalue weighted by Gasteiger charge is -2.56. The Morgan fingerprint density at radius 1 is 1.00 bits per heavy atom. The molecule has 1 N–H and O–H groups in total. The van der Waals surface area contributed by atoms with E-state index in [0.29, 0.717) is 17.9 Å². The fourth-order valence-corrected chi connectivity index (χ4v) is 8.44. The van der Waals surface area contributed by atoms with Gasteiger partial charge in [0.2, 0.25) is 0 Å². The second-order valence-electron chi connectivity index (χ2n) is 10.5. The highest BCUT2D eigenvalue weighted by molar-refractivity contribution is 5.06. The fourth-order valence-electron chi connectivity index (χ4n) is 8.44. The minimum Gasteiger partial charge on any atom is -0.396 e. The molecule has 0 bridgehead atoms. The van der Waals surface area contributed by atoms with Gasteiger partial charge < -0.3 is 9.84 Å². The van der Waals surface area contributed by atoms with E-state index in [1.54, 1.807) is 0 Å². The Morgan fingerprint density at radius 2 is 1.80 bits per heavy atom. The molecule has 4 aliphatic rings. The van der Waals surface area contributed by atoms with E-state index in [4.69, 9.17) is 4.74 Å². The van der Waals surface area contributed by atoms with Gasteiger partial charge in [0, 0.05) is 20.3 Å². The summed E-state index contributed by atoms with van der Waals surface area (Å²) in [6.45, 7) is 6.25. The van der Waals surface area contributed by atoms with Crippen LogP contribution in [0.15, 0.2) is 0 Å². The van der Waals surface area contributed by atoms with Gasteiger partial charge >= 0.3 is 0 Å². The minimum absolute atomic E-state index is 0.382. The SMILES string of the molecule is COCC1CCC2C(CCC3C2CCC2(C)C(C(C)CO)CCC32)C1. The van der Waals surface area contributed by atoms with Crippen molar-refractivity contribution < 1.29 is 9.84 Å². The Hall–Kier alpha value is -0.0800. The first-order chi connectivity index (χ1) is 12.1. The van der Waals surface area contributed by atoms with Gasteiger partial charge in [-0.2, -0.15) is 0 Å². The van der Waals surface area contributed by atoms with E-state index in [1.807, 2.05) is 7.11 Å². The minimum atomic E-state index is 0.382. The molecule has 0 saturated heterocycles. The van der Waals surface area contributed by atoms with Crippen LogP contribution >= 0.6 is 0 Å². The summed E-state index contributed by atoms with van der Waals surface area (Å²) in [5.74, 6) is 7.06. The Labute approximate surface area is 155 Å². The van der Waals surface area contributed by atoms with Crippen molar-refractivity contribution in [3.63, 3.8) is 0 Å². The van der Waals surface area contributed by atoms with Crippen molar-refractivity contribution in [2.24, 2.45) is 52.8 Å². The highest BCUT2D eigenvalue weighted by Gasteiger charge is 2.57. The van der Waals surface area contributed by atoms with Gasteiger partial charge in [-0.15, -0.1) is 0 Å². The molecule has 0 spiro atoms. The molecule has 0 aromatic heterocycles. The molecule has 0 aromatic carbocycles. The smallest absolute Gasteiger partial charge is 0.0490 e. The van der Waals surface area contributed by atoms with E-state index in [9.17, 15) is 5.11 Å². The highest BCUT2D eigenvalue weighted by Crippen LogP contribution is 2.65. The molecule has 0 aliphatic heterocycles. The number of aliphatic hydroxyl groups is 1. The quantitative estimate of drug-likeness (QED) is 0.761. The summed E-state index contributed by atoms with van der Waals surface area (Å²) >= 11 is 0. The number of aliphatic hydroxyl groups excluding tert-OH is 1. The van der Waals surface area contributed by atoms with Gasteiger partial charge in [-0.25, -0.2) is 0 Å². The van der Waals surface area contributed by atoms with E-state index in [-0.39, 0.29) is 0 Å². The van der Waals surface area contributed by atoms with Crippen LogP contribution in [-0.2, 0) is 4.74 Å². The first-order valence-corrected chi connectivity index (χ1v) is 11.2. The average Bonchev–Trinajstić information content (AvgIpc) is 2.98. The Balaban J connectivity index is 1.48. The number of hydrogen-bond acceptors (Lipinski definition) is 2. The van der Waals surface area contributed by atoms with E-state index in [2.05, 4.69) is 13.8 Å². The average molecular weight is 349 g/mol. The zero-order valence-electron chi connectivity index (χ0n) is 16.8. The van der Waals surface area contributed by atoms with Gasteiger partial charge in [-0.05, 0) is 111 Å². The van der Waals surface area contributed by atoms with Crippen molar-refractivity contribution in [2.75, 3.05) is 20.3 Å². The first-order valence-electron chi connectivity index (χ1n) is 11.2. The van der Waals surface area contributed by atoms with Gasteiger partial charge in [0.15, 0.2) is 0 Å². The number of hydrogen-bond donors (Lipinski definition) is 1. The molecular weight excluding hydrogens is 308 g/mol.